The van der Waals surface area contributed by atoms with Crippen LogP contribution in [0.4, 0.5) is 4.39 Å². The van der Waals surface area contributed by atoms with E-state index in [-0.39, 0.29) is 35.9 Å². The van der Waals surface area contributed by atoms with Crippen LogP contribution < -0.4 is 15.4 Å². The molecule has 4 nitrogen and oxygen atoms in total. The molecule has 0 amide bonds. The number of hydrogen-bond donors (Lipinski definition) is 2. The molecule has 1 atom stereocenters. The quantitative estimate of drug-likeness (QED) is 0.408. The van der Waals surface area contributed by atoms with Crippen LogP contribution in [0.1, 0.15) is 12.5 Å². The molecule has 0 heterocycles. The van der Waals surface area contributed by atoms with Crippen molar-refractivity contribution in [3.05, 3.63) is 66.0 Å². The van der Waals surface area contributed by atoms with E-state index in [0.29, 0.717) is 24.8 Å². The van der Waals surface area contributed by atoms with E-state index in [1.165, 1.54) is 17.7 Å². The number of nitrogens with one attached hydrogen (secondary N) is 2. The highest BCUT2D eigenvalue weighted by Gasteiger charge is 2.06. The SMILES string of the molecule is CN=C(NCc1ccccc1)NCC(C)Oc1cccc(F)c1.I. The summed E-state index contributed by atoms with van der Waals surface area (Å²) >= 11 is 0. The topological polar surface area (TPSA) is 45.7 Å². The van der Waals surface area contributed by atoms with Gasteiger partial charge in [-0.3, -0.25) is 4.99 Å². The van der Waals surface area contributed by atoms with Crippen LogP contribution in [-0.4, -0.2) is 25.7 Å². The van der Waals surface area contributed by atoms with Crippen LogP contribution in [0.3, 0.4) is 0 Å². The Morgan fingerprint density at radius 3 is 2.54 bits per heavy atom. The van der Waals surface area contributed by atoms with Gasteiger partial charge in [0.15, 0.2) is 5.96 Å². The molecule has 0 bridgehead atoms. The summed E-state index contributed by atoms with van der Waals surface area (Å²) in [7, 11) is 1.72. The zero-order valence-electron chi connectivity index (χ0n) is 13.8. The minimum absolute atomic E-state index is 0. The van der Waals surface area contributed by atoms with E-state index in [2.05, 4.69) is 27.8 Å². The Morgan fingerprint density at radius 2 is 1.88 bits per heavy atom. The number of hydrogen-bond acceptors (Lipinski definition) is 2. The zero-order chi connectivity index (χ0) is 16.5. The van der Waals surface area contributed by atoms with E-state index in [1.807, 2.05) is 25.1 Å². The van der Waals surface area contributed by atoms with Crippen molar-refractivity contribution in [3.8, 4) is 5.75 Å². The fourth-order valence-corrected chi connectivity index (χ4v) is 2.06. The van der Waals surface area contributed by atoms with Crippen molar-refractivity contribution < 1.29 is 9.13 Å². The van der Waals surface area contributed by atoms with E-state index in [9.17, 15) is 4.39 Å². The van der Waals surface area contributed by atoms with Crippen LogP contribution in [-0.2, 0) is 6.54 Å². The highest BCUT2D eigenvalue weighted by atomic mass is 127. The van der Waals surface area contributed by atoms with Gasteiger partial charge >= 0.3 is 0 Å². The van der Waals surface area contributed by atoms with Crippen molar-refractivity contribution in [2.24, 2.45) is 4.99 Å². The van der Waals surface area contributed by atoms with Gasteiger partial charge in [0.2, 0.25) is 0 Å². The van der Waals surface area contributed by atoms with Gasteiger partial charge in [-0.15, -0.1) is 24.0 Å². The molecule has 0 radical (unpaired) electrons. The highest BCUT2D eigenvalue weighted by Crippen LogP contribution is 2.13. The van der Waals surface area contributed by atoms with E-state index in [1.54, 1.807) is 19.2 Å². The Morgan fingerprint density at radius 1 is 1.12 bits per heavy atom. The van der Waals surface area contributed by atoms with E-state index >= 15 is 0 Å². The molecule has 0 aliphatic heterocycles. The standard InChI is InChI=1S/C18H22FN3O.HI/c1-14(23-17-10-6-9-16(19)11-17)12-21-18(20-2)22-13-15-7-4-3-5-8-15;/h3-11,14H,12-13H2,1-2H3,(H2,20,21,22);1H. The average Bonchev–Trinajstić information content (AvgIpc) is 2.56. The number of benzene rings is 2. The number of rotatable bonds is 6. The number of ether oxygens (including phenoxy) is 1. The van der Waals surface area contributed by atoms with E-state index in [0.717, 1.165) is 0 Å². The van der Waals surface area contributed by atoms with Gasteiger partial charge in [-0.2, -0.15) is 0 Å². The summed E-state index contributed by atoms with van der Waals surface area (Å²) < 4.78 is 18.8. The average molecular weight is 443 g/mol. The van der Waals surface area contributed by atoms with E-state index < -0.39 is 0 Å². The minimum atomic E-state index is -0.303. The lowest BCUT2D eigenvalue weighted by molar-refractivity contribution is 0.223. The second-order valence-corrected chi connectivity index (χ2v) is 5.18. The zero-order valence-corrected chi connectivity index (χ0v) is 16.2. The van der Waals surface area contributed by atoms with Gasteiger partial charge < -0.3 is 15.4 Å². The maximum Gasteiger partial charge on any atom is 0.191 e. The van der Waals surface area contributed by atoms with Gasteiger partial charge in [-0.1, -0.05) is 36.4 Å². The second kappa shape index (κ2) is 10.9. The third-order valence-corrected chi connectivity index (χ3v) is 3.22. The fourth-order valence-electron chi connectivity index (χ4n) is 2.06. The molecule has 0 aliphatic rings. The molecular weight excluding hydrogens is 420 g/mol. The first-order valence-electron chi connectivity index (χ1n) is 7.58. The molecule has 2 aromatic carbocycles. The number of halogens is 2. The van der Waals surface area contributed by atoms with Crippen molar-refractivity contribution >= 4 is 29.9 Å². The third kappa shape index (κ3) is 7.16. The lowest BCUT2D eigenvalue weighted by Gasteiger charge is -2.17. The van der Waals surface area contributed by atoms with Crippen LogP contribution in [0.5, 0.6) is 5.75 Å². The van der Waals surface area contributed by atoms with Crippen molar-refractivity contribution in [2.75, 3.05) is 13.6 Å². The van der Waals surface area contributed by atoms with E-state index in [4.69, 9.17) is 4.74 Å². The van der Waals surface area contributed by atoms with Gasteiger partial charge in [0.1, 0.15) is 17.7 Å². The van der Waals surface area contributed by atoms with Crippen LogP contribution >= 0.6 is 24.0 Å². The lowest BCUT2D eigenvalue weighted by Crippen LogP contribution is -2.41. The van der Waals surface area contributed by atoms with Crippen LogP contribution in [0.15, 0.2) is 59.6 Å². The van der Waals surface area contributed by atoms with Crippen molar-refractivity contribution in [1.29, 1.82) is 0 Å². The Bertz CT molecular complexity index is 637. The summed E-state index contributed by atoms with van der Waals surface area (Å²) in [4.78, 5) is 4.18. The van der Waals surface area contributed by atoms with Gasteiger partial charge in [-0.25, -0.2) is 4.39 Å². The van der Waals surface area contributed by atoms with Crippen LogP contribution in [0, 0.1) is 5.82 Å². The maximum atomic E-state index is 13.1. The third-order valence-electron chi connectivity index (χ3n) is 3.22. The summed E-state index contributed by atoms with van der Waals surface area (Å²) in [6.07, 6.45) is -0.118. The monoisotopic (exact) mass is 443 g/mol. The maximum absolute atomic E-state index is 13.1. The highest BCUT2D eigenvalue weighted by molar-refractivity contribution is 14.0. The summed E-state index contributed by atoms with van der Waals surface area (Å²) in [5, 5.41) is 6.43. The first-order valence-corrected chi connectivity index (χ1v) is 7.58. The summed E-state index contributed by atoms with van der Waals surface area (Å²) in [5.41, 5.74) is 1.18. The molecule has 1 unspecified atom stereocenters. The molecule has 0 saturated carbocycles. The Balaban J connectivity index is 0.00000288. The lowest BCUT2D eigenvalue weighted by atomic mass is 10.2. The molecule has 0 saturated heterocycles. The van der Waals surface area contributed by atoms with Crippen molar-refractivity contribution in [1.82, 2.24) is 10.6 Å². The molecule has 0 aromatic heterocycles. The normalized spacial score (nSPS) is 12.0. The van der Waals surface area contributed by atoms with Gasteiger partial charge in [-0.05, 0) is 24.6 Å². The van der Waals surface area contributed by atoms with Crippen molar-refractivity contribution in [2.45, 2.75) is 19.6 Å². The largest absolute Gasteiger partial charge is 0.489 e. The first kappa shape index (κ1) is 20.2. The summed E-state index contributed by atoms with van der Waals surface area (Å²) in [5.74, 6) is 0.915. The number of guanidine groups is 1. The molecule has 0 aliphatic carbocycles. The van der Waals surface area contributed by atoms with Crippen molar-refractivity contribution in [3.63, 3.8) is 0 Å². The Kier molecular flexibility index (Phi) is 9.14. The first-order chi connectivity index (χ1) is 11.2. The molecule has 130 valence electrons. The Labute approximate surface area is 159 Å². The molecule has 24 heavy (non-hydrogen) atoms. The Hall–Kier alpha value is -1.83. The molecule has 0 fully saturated rings. The molecular formula is C18H23FIN3O. The minimum Gasteiger partial charge on any atom is -0.489 e. The van der Waals surface area contributed by atoms with Gasteiger partial charge in [0, 0.05) is 19.7 Å². The molecule has 2 N–H and O–H groups in total. The van der Waals surface area contributed by atoms with Crippen LogP contribution in [0.2, 0.25) is 0 Å². The van der Waals surface area contributed by atoms with Gasteiger partial charge in [0.05, 0.1) is 6.54 Å². The molecule has 6 heteroatoms. The van der Waals surface area contributed by atoms with Crippen LogP contribution in [0.25, 0.3) is 0 Å². The second-order valence-electron chi connectivity index (χ2n) is 5.18. The van der Waals surface area contributed by atoms with Gasteiger partial charge in [0.25, 0.3) is 0 Å². The number of aliphatic imine (C=N–C) groups is 1. The predicted molar refractivity (Wildman–Crippen MR) is 107 cm³/mol. The number of nitrogens with zero attached hydrogens (tertiary/aromatic N) is 1. The molecule has 0 spiro atoms. The molecule has 2 rings (SSSR count). The summed E-state index contributed by atoms with van der Waals surface area (Å²) in [6.45, 7) is 3.17. The fraction of sp³-hybridized carbons (Fsp3) is 0.278. The predicted octanol–water partition coefficient (Wildman–Crippen LogP) is 3.58. The molecule has 2 aromatic rings. The summed E-state index contributed by atoms with van der Waals surface area (Å²) in [6, 6.07) is 16.2. The smallest absolute Gasteiger partial charge is 0.191 e.